The second-order valence-electron chi connectivity index (χ2n) is 4.33. The van der Waals surface area contributed by atoms with Gasteiger partial charge in [-0.3, -0.25) is 4.79 Å². The van der Waals surface area contributed by atoms with Crippen LogP contribution in [0.15, 0.2) is 16.5 Å². The Bertz CT molecular complexity index is 375. The highest BCUT2D eigenvalue weighted by Crippen LogP contribution is 2.29. The van der Waals surface area contributed by atoms with E-state index in [2.05, 4.69) is 5.32 Å². The lowest BCUT2D eigenvalue weighted by atomic mass is 10.1. The molecule has 1 aliphatic carbocycles. The van der Waals surface area contributed by atoms with Gasteiger partial charge in [0.25, 0.3) is 5.91 Å². The molecule has 0 spiro atoms. The highest BCUT2D eigenvalue weighted by molar-refractivity contribution is 6.21. The van der Waals surface area contributed by atoms with Crippen LogP contribution in [0.1, 0.15) is 35.6 Å². The Morgan fingerprint density at radius 2 is 2.38 bits per heavy atom. The lowest BCUT2D eigenvalue weighted by Gasteiger charge is -2.13. The van der Waals surface area contributed by atoms with E-state index in [1.807, 2.05) is 6.92 Å². The van der Waals surface area contributed by atoms with Crippen molar-refractivity contribution < 1.29 is 9.21 Å². The van der Waals surface area contributed by atoms with Crippen LogP contribution in [0, 0.1) is 12.8 Å². The van der Waals surface area contributed by atoms with Crippen molar-refractivity contribution in [3.63, 3.8) is 0 Å². The van der Waals surface area contributed by atoms with E-state index in [4.69, 9.17) is 16.0 Å². The summed E-state index contributed by atoms with van der Waals surface area (Å²) in [7, 11) is 0. The summed E-state index contributed by atoms with van der Waals surface area (Å²) in [5.41, 5.74) is 0. The minimum atomic E-state index is -0.149. The predicted octanol–water partition coefficient (Wildman–Crippen LogP) is 2.73. The molecular formula is C12H16ClNO2. The van der Waals surface area contributed by atoms with Crippen molar-refractivity contribution >= 4 is 17.5 Å². The van der Waals surface area contributed by atoms with Gasteiger partial charge >= 0.3 is 0 Å². The minimum Gasteiger partial charge on any atom is -0.456 e. The highest BCUT2D eigenvalue weighted by Gasteiger charge is 2.25. The van der Waals surface area contributed by atoms with Gasteiger partial charge < -0.3 is 9.73 Å². The van der Waals surface area contributed by atoms with Gasteiger partial charge in [-0.05, 0) is 37.8 Å². The number of halogens is 1. The van der Waals surface area contributed by atoms with E-state index in [1.54, 1.807) is 12.1 Å². The Labute approximate surface area is 100 Å². The molecule has 2 atom stereocenters. The molecule has 2 rings (SSSR count). The Hall–Kier alpha value is -0.960. The number of amides is 1. The average molecular weight is 242 g/mol. The maximum Gasteiger partial charge on any atom is 0.287 e. The summed E-state index contributed by atoms with van der Waals surface area (Å²) >= 11 is 6.14. The van der Waals surface area contributed by atoms with E-state index in [9.17, 15) is 4.79 Å². The molecule has 1 fully saturated rings. The van der Waals surface area contributed by atoms with Crippen molar-refractivity contribution in [1.82, 2.24) is 5.32 Å². The number of carbonyl (C=O) groups is 1. The first-order chi connectivity index (χ1) is 7.66. The molecular weight excluding hydrogens is 226 g/mol. The highest BCUT2D eigenvalue weighted by atomic mass is 35.5. The first kappa shape index (κ1) is 11.5. The molecule has 88 valence electrons. The molecule has 1 saturated carbocycles. The number of nitrogens with one attached hydrogen (secondary N) is 1. The molecule has 1 aliphatic rings. The molecule has 1 aromatic heterocycles. The zero-order valence-electron chi connectivity index (χ0n) is 9.33. The standard InChI is InChI=1S/C12H16ClNO2/c1-8-5-6-11(16-8)12(15)14-7-9-3-2-4-10(9)13/h5-6,9-10H,2-4,7H2,1H3,(H,14,15). The van der Waals surface area contributed by atoms with Gasteiger partial charge in [-0.25, -0.2) is 0 Å². The van der Waals surface area contributed by atoms with Crippen molar-refractivity contribution in [3.05, 3.63) is 23.7 Å². The molecule has 0 saturated heterocycles. The van der Waals surface area contributed by atoms with Gasteiger partial charge in [-0.15, -0.1) is 11.6 Å². The number of carbonyl (C=O) groups excluding carboxylic acids is 1. The Morgan fingerprint density at radius 1 is 1.56 bits per heavy atom. The zero-order valence-corrected chi connectivity index (χ0v) is 10.1. The fourth-order valence-corrected chi connectivity index (χ4v) is 2.46. The normalized spacial score (nSPS) is 24.6. The first-order valence-electron chi connectivity index (χ1n) is 5.65. The summed E-state index contributed by atoms with van der Waals surface area (Å²) in [6.07, 6.45) is 3.32. The van der Waals surface area contributed by atoms with E-state index in [1.165, 1.54) is 0 Å². The number of hydrogen-bond acceptors (Lipinski definition) is 2. The fourth-order valence-electron chi connectivity index (χ4n) is 2.09. The molecule has 3 nitrogen and oxygen atoms in total. The smallest absolute Gasteiger partial charge is 0.287 e. The van der Waals surface area contributed by atoms with Crippen molar-refractivity contribution in [1.29, 1.82) is 0 Å². The summed E-state index contributed by atoms with van der Waals surface area (Å²) in [6.45, 7) is 2.47. The minimum absolute atomic E-state index is 0.149. The average Bonchev–Trinajstić information content (AvgIpc) is 2.84. The summed E-state index contributed by atoms with van der Waals surface area (Å²) in [5.74, 6) is 1.38. The SMILES string of the molecule is Cc1ccc(C(=O)NCC2CCCC2Cl)o1. The fraction of sp³-hybridized carbons (Fsp3) is 0.583. The largest absolute Gasteiger partial charge is 0.456 e. The number of furan rings is 1. The monoisotopic (exact) mass is 241 g/mol. The third kappa shape index (κ3) is 2.59. The third-order valence-electron chi connectivity index (χ3n) is 3.06. The topological polar surface area (TPSA) is 42.2 Å². The number of rotatable bonds is 3. The maximum atomic E-state index is 11.7. The van der Waals surface area contributed by atoms with Gasteiger partial charge in [0, 0.05) is 11.9 Å². The van der Waals surface area contributed by atoms with Crippen molar-refractivity contribution in [3.8, 4) is 0 Å². The number of alkyl halides is 1. The molecule has 1 amide bonds. The summed E-state index contributed by atoms with van der Waals surface area (Å²) in [6, 6.07) is 3.48. The second-order valence-corrected chi connectivity index (χ2v) is 4.89. The van der Waals surface area contributed by atoms with Crippen LogP contribution in [0.3, 0.4) is 0 Å². The molecule has 0 aromatic carbocycles. The van der Waals surface area contributed by atoms with Crippen molar-refractivity contribution in [2.45, 2.75) is 31.6 Å². The van der Waals surface area contributed by atoms with Crippen molar-refractivity contribution in [2.75, 3.05) is 6.54 Å². The Balaban J connectivity index is 1.84. The van der Waals surface area contributed by atoms with Crippen LogP contribution < -0.4 is 5.32 Å². The van der Waals surface area contributed by atoms with E-state index in [-0.39, 0.29) is 11.3 Å². The molecule has 0 bridgehead atoms. The van der Waals surface area contributed by atoms with Gasteiger partial charge in [0.05, 0.1) is 0 Å². The molecule has 1 N–H and O–H groups in total. The number of hydrogen-bond donors (Lipinski definition) is 1. The zero-order chi connectivity index (χ0) is 11.5. The lowest BCUT2D eigenvalue weighted by molar-refractivity contribution is 0.0918. The van der Waals surface area contributed by atoms with Crippen LogP contribution in [0.2, 0.25) is 0 Å². The van der Waals surface area contributed by atoms with Crippen LogP contribution in [-0.4, -0.2) is 17.8 Å². The molecule has 0 aliphatic heterocycles. The van der Waals surface area contributed by atoms with E-state index >= 15 is 0 Å². The molecule has 1 heterocycles. The van der Waals surface area contributed by atoms with Gasteiger partial charge in [-0.1, -0.05) is 6.42 Å². The summed E-state index contributed by atoms with van der Waals surface area (Å²) in [5, 5.41) is 3.07. The van der Waals surface area contributed by atoms with E-state index < -0.39 is 0 Å². The maximum absolute atomic E-state index is 11.7. The first-order valence-corrected chi connectivity index (χ1v) is 6.09. The quantitative estimate of drug-likeness (QED) is 0.827. The van der Waals surface area contributed by atoms with Gasteiger partial charge in [0.1, 0.15) is 5.76 Å². The van der Waals surface area contributed by atoms with Gasteiger partial charge in [0.15, 0.2) is 5.76 Å². The molecule has 16 heavy (non-hydrogen) atoms. The van der Waals surface area contributed by atoms with Crippen LogP contribution in [0.5, 0.6) is 0 Å². The van der Waals surface area contributed by atoms with Gasteiger partial charge in [0.2, 0.25) is 0 Å². The predicted molar refractivity (Wildman–Crippen MR) is 62.8 cm³/mol. The van der Waals surface area contributed by atoms with Crippen LogP contribution in [0.4, 0.5) is 0 Å². The van der Waals surface area contributed by atoms with Crippen LogP contribution >= 0.6 is 11.6 Å². The summed E-state index contributed by atoms with van der Waals surface area (Å²) in [4.78, 5) is 11.7. The second kappa shape index (κ2) is 4.91. The molecule has 1 aromatic rings. The third-order valence-corrected chi connectivity index (χ3v) is 3.63. The van der Waals surface area contributed by atoms with E-state index in [0.717, 1.165) is 25.0 Å². The van der Waals surface area contributed by atoms with Crippen LogP contribution in [0.25, 0.3) is 0 Å². The molecule has 4 heteroatoms. The Kier molecular flexibility index (Phi) is 3.54. The lowest BCUT2D eigenvalue weighted by Crippen LogP contribution is -2.30. The molecule has 0 radical (unpaired) electrons. The summed E-state index contributed by atoms with van der Waals surface area (Å²) < 4.78 is 5.24. The van der Waals surface area contributed by atoms with E-state index in [0.29, 0.717) is 18.2 Å². The Morgan fingerprint density at radius 3 is 2.94 bits per heavy atom. The van der Waals surface area contributed by atoms with Crippen LogP contribution in [-0.2, 0) is 0 Å². The van der Waals surface area contributed by atoms with Crippen molar-refractivity contribution in [2.24, 2.45) is 5.92 Å². The van der Waals surface area contributed by atoms with Gasteiger partial charge in [-0.2, -0.15) is 0 Å². The number of aryl methyl sites for hydroxylation is 1. The molecule has 2 unspecified atom stereocenters.